The van der Waals surface area contributed by atoms with Crippen molar-refractivity contribution < 1.29 is 4.92 Å². The molecule has 1 unspecified atom stereocenters. The quantitative estimate of drug-likeness (QED) is 0.448. The van der Waals surface area contributed by atoms with Crippen LogP contribution in [-0.4, -0.2) is 21.4 Å². The van der Waals surface area contributed by atoms with Crippen LogP contribution in [0.3, 0.4) is 0 Å². The molecule has 106 valence electrons. The molecule has 6 nitrogen and oxygen atoms in total. The van der Waals surface area contributed by atoms with Gasteiger partial charge >= 0.3 is 5.69 Å². The number of anilines is 1. The smallest absolute Gasteiger partial charge is 0.348 e. The highest BCUT2D eigenvalue weighted by Gasteiger charge is 2.21. The first kappa shape index (κ1) is 15.6. The molecule has 1 atom stereocenters. The van der Waals surface area contributed by atoms with Crippen LogP contribution in [0, 0.1) is 16.0 Å². The van der Waals surface area contributed by atoms with Crippen molar-refractivity contribution in [3.05, 3.63) is 21.6 Å². The number of nitrogens with zero attached hydrogens (tertiary/aromatic N) is 3. The molecule has 1 aromatic rings. The lowest BCUT2D eigenvalue weighted by Gasteiger charge is -2.15. The third-order valence-corrected chi connectivity index (χ3v) is 3.34. The van der Waals surface area contributed by atoms with Crippen molar-refractivity contribution >= 4 is 23.1 Å². The maximum atomic E-state index is 10.9. The van der Waals surface area contributed by atoms with E-state index in [1.807, 2.05) is 0 Å². The van der Waals surface area contributed by atoms with Gasteiger partial charge in [-0.1, -0.05) is 44.7 Å². The van der Waals surface area contributed by atoms with E-state index in [-0.39, 0.29) is 16.7 Å². The molecular formula is C12H19ClN4O2. The van der Waals surface area contributed by atoms with Crippen molar-refractivity contribution in [2.24, 2.45) is 5.92 Å². The van der Waals surface area contributed by atoms with E-state index in [1.54, 1.807) is 0 Å². The molecule has 0 saturated heterocycles. The van der Waals surface area contributed by atoms with E-state index in [4.69, 9.17) is 11.6 Å². The normalized spacial score (nSPS) is 12.2. The van der Waals surface area contributed by atoms with Gasteiger partial charge in [0.1, 0.15) is 6.33 Å². The Morgan fingerprint density at radius 1 is 1.47 bits per heavy atom. The Morgan fingerprint density at radius 3 is 2.79 bits per heavy atom. The fraction of sp³-hybridized carbons (Fsp3) is 0.667. The first-order chi connectivity index (χ1) is 9.10. The van der Waals surface area contributed by atoms with E-state index in [0.29, 0.717) is 12.5 Å². The molecule has 0 fully saturated rings. The minimum absolute atomic E-state index is 0.135. The number of nitro groups is 1. The number of nitrogens with one attached hydrogen (secondary N) is 1. The van der Waals surface area contributed by atoms with E-state index < -0.39 is 4.92 Å². The molecular weight excluding hydrogens is 268 g/mol. The van der Waals surface area contributed by atoms with Crippen LogP contribution >= 0.6 is 11.6 Å². The van der Waals surface area contributed by atoms with Crippen molar-refractivity contribution in [1.29, 1.82) is 0 Å². The third-order valence-electron chi connectivity index (χ3n) is 3.06. The van der Waals surface area contributed by atoms with Crippen LogP contribution in [0.5, 0.6) is 0 Å². The van der Waals surface area contributed by atoms with Gasteiger partial charge in [0, 0.05) is 6.54 Å². The van der Waals surface area contributed by atoms with E-state index >= 15 is 0 Å². The summed E-state index contributed by atoms with van der Waals surface area (Å²) in [5.74, 6) is 0.674. The number of halogens is 1. The number of rotatable bonds is 8. The Morgan fingerprint density at radius 2 is 2.21 bits per heavy atom. The van der Waals surface area contributed by atoms with Gasteiger partial charge in [0.15, 0.2) is 0 Å². The molecule has 1 rings (SSSR count). The number of hydrogen-bond donors (Lipinski definition) is 1. The summed E-state index contributed by atoms with van der Waals surface area (Å²) in [4.78, 5) is 17.9. The second-order valence-corrected chi connectivity index (χ2v) is 4.77. The predicted molar refractivity (Wildman–Crippen MR) is 75.5 cm³/mol. The molecule has 1 N–H and O–H groups in total. The number of hydrogen-bond acceptors (Lipinski definition) is 5. The zero-order valence-corrected chi connectivity index (χ0v) is 12.0. The van der Waals surface area contributed by atoms with Gasteiger partial charge < -0.3 is 5.32 Å². The zero-order valence-electron chi connectivity index (χ0n) is 11.2. The molecule has 1 heterocycles. The van der Waals surface area contributed by atoms with Crippen LogP contribution in [-0.2, 0) is 0 Å². The van der Waals surface area contributed by atoms with Crippen LogP contribution in [0.15, 0.2) is 6.33 Å². The standard InChI is InChI=1S/C12H19ClN4O2/c1-3-5-6-9(4-2)7-14-12-10(17(18)19)11(13)15-8-16-12/h8-9H,3-7H2,1-2H3,(H,14,15,16). The van der Waals surface area contributed by atoms with Gasteiger partial charge in [0.05, 0.1) is 4.92 Å². The molecule has 0 aliphatic carbocycles. The molecule has 0 aromatic carbocycles. The van der Waals surface area contributed by atoms with Crippen LogP contribution in [0.2, 0.25) is 5.15 Å². The van der Waals surface area contributed by atoms with Crippen LogP contribution < -0.4 is 5.32 Å². The summed E-state index contributed by atoms with van der Waals surface area (Å²) in [5, 5.41) is 13.8. The van der Waals surface area contributed by atoms with Gasteiger partial charge in [0.25, 0.3) is 0 Å². The second kappa shape index (κ2) is 7.89. The van der Waals surface area contributed by atoms with Crippen molar-refractivity contribution in [3.63, 3.8) is 0 Å². The minimum atomic E-state index is -0.558. The summed E-state index contributed by atoms with van der Waals surface area (Å²) in [6, 6.07) is 0. The van der Waals surface area contributed by atoms with Gasteiger partial charge in [-0.25, -0.2) is 9.97 Å². The van der Waals surface area contributed by atoms with Crippen molar-refractivity contribution in [2.45, 2.75) is 39.5 Å². The average molecular weight is 287 g/mol. The number of unbranched alkanes of at least 4 members (excludes halogenated alkanes) is 1. The highest BCUT2D eigenvalue weighted by atomic mass is 35.5. The molecule has 7 heteroatoms. The third kappa shape index (κ3) is 4.63. The SMILES string of the molecule is CCCCC(CC)CNc1ncnc(Cl)c1[N+](=O)[O-]. The lowest BCUT2D eigenvalue weighted by molar-refractivity contribution is -0.384. The summed E-state index contributed by atoms with van der Waals surface area (Å²) in [6.45, 7) is 4.92. The fourth-order valence-corrected chi connectivity index (χ4v) is 2.03. The first-order valence-corrected chi connectivity index (χ1v) is 6.86. The molecule has 1 aromatic heterocycles. The van der Waals surface area contributed by atoms with Crippen LogP contribution in [0.25, 0.3) is 0 Å². The van der Waals surface area contributed by atoms with Gasteiger partial charge in [-0.3, -0.25) is 10.1 Å². The molecule has 0 bridgehead atoms. The highest BCUT2D eigenvalue weighted by Crippen LogP contribution is 2.28. The predicted octanol–water partition coefficient (Wildman–Crippen LogP) is 3.67. The second-order valence-electron chi connectivity index (χ2n) is 4.42. The van der Waals surface area contributed by atoms with Gasteiger partial charge in [-0.15, -0.1) is 0 Å². The van der Waals surface area contributed by atoms with Gasteiger partial charge in [-0.05, 0) is 12.3 Å². The van der Waals surface area contributed by atoms with E-state index in [2.05, 4.69) is 29.1 Å². The molecule has 0 aliphatic heterocycles. The maximum absolute atomic E-state index is 10.9. The van der Waals surface area contributed by atoms with Gasteiger partial charge in [-0.2, -0.15) is 0 Å². The summed E-state index contributed by atoms with van der Waals surface area (Å²) in [7, 11) is 0. The summed E-state index contributed by atoms with van der Waals surface area (Å²) >= 11 is 5.72. The van der Waals surface area contributed by atoms with E-state index in [0.717, 1.165) is 25.7 Å². The molecule has 0 radical (unpaired) electrons. The fourth-order valence-electron chi connectivity index (χ4n) is 1.83. The largest absolute Gasteiger partial charge is 0.364 e. The molecule has 0 aliphatic rings. The monoisotopic (exact) mass is 286 g/mol. The van der Waals surface area contributed by atoms with Crippen LogP contribution in [0.1, 0.15) is 39.5 Å². The van der Waals surface area contributed by atoms with Crippen molar-refractivity contribution in [1.82, 2.24) is 9.97 Å². The summed E-state index contributed by atoms with van der Waals surface area (Å²) in [6.07, 6.45) is 5.67. The Hall–Kier alpha value is -1.43. The lowest BCUT2D eigenvalue weighted by Crippen LogP contribution is -2.15. The molecule has 19 heavy (non-hydrogen) atoms. The Labute approximate surface area is 117 Å². The van der Waals surface area contributed by atoms with Crippen molar-refractivity contribution in [3.8, 4) is 0 Å². The van der Waals surface area contributed by atoms with Gasteiger partial charge in [0.2, 0.25) is 11.0 Å². The van der Waals surface area contributed by atoms with Crippen molar-refractivity contribution in [2.75, 3.05) is 11.9 Å². The summed E-state index contributed by atoms with van der Waals surface area (Å²) < 4.78 is 0. The van der Waals surface area contributed by atoms with E-state index in [1.165, 1.54) is 6.33 Å². The Kier molecular flexibility index (Phi) is 6.49. The molecule has 0 saturated carbocycles. The summed E-state index contributed by atoms with van der Waals surface area (Å²) in [5.41, 5.74) is -0.255. The molecule has 0 amide bonds. The zero-order chi connectivity index (χ0) is 14.3. The van der Waals surface area contributed by atoms with Crippen LogP contribution in [0.4, 0.5) is 11.5 Å². The van der Waals surface area contributed by atoms with E-state index in [9.17, 15) is 10.1 Å². The first-order valence-electron chi connectivity index (χ1n) is 6.48. The minimum Gasteiger partial charge on any atom is -0.364 e. The topological polar surface area (TPSA) is 81.0 Å². The highest BCUT2D eigenvalue weighted by molar-refractivity contribution is 6.31. The average Bonchev–Trinajstić information content (AvgIpc) is 2.38. The Balaban J connectivity index is 2.71. The molecule has 0 spiro atoms. The maximum Gasteiger partial charge on any atom is 0.348 e. The lowest BCUT2D eigenvalue weighted by atomic mass is 9.99. The Bertz CT molecular complexity index is 428. The number of aromatic nitrogens is 2.